The lowest BCUT2D eigenvalue weighted by atomic mass is 10.0. The summed E-state index contributed by atoms with van der Waals surface area (Å²) >= 11 is 0. The molecule has 0 saturated heterocycles. The molecule has 3 nitrogen and oxygen atoms in total. The van der Waals surface area contributed by atoms with Crippen molar-refractivity contribution in [3.8, 4) is 0 Å². The zero-order valence-electron chi connectivity index (χ0n) is 10.8. The number of rotatable bonds is 6. The van der Waals surface area contributed by atoms with Gasteiger partial charge in [0, 0.05) is 13.0 Å². The average Bonchev–Trinajstić information content (AvgIpc) is 2.94. The number of halogens is 2. The third-order valence-electron chi connectivity index (χ3n) is 3.30. The van der Waals surface area contributed by atoms with Gasteiger partial charge in [0.1, 0.15) is 0 Å². The van der Waals surface area contributed by atoms with Gasteiger partial charge in [0.05, 0.1) is 12.0 Å². The van der Waals surface area contributed by atoms with Gasteiger partial charge >= 0.3 is 6.11 Å². The number of carbonyl (C=O) groups is 1. The van der Waals surface area contributed by atoms with Crippen LogP contribution >= 0.6 is 0 Å². The minimum Gasteiger partial charge on any atom is -0.353 e. The van der Waals surface area contributed by atoms with Gasteiger partial charge in [-0.3, -0.25) is 4.79 Å². The van der Waals surface area contributed by atoms with Crippen molar-refractivity contribution in [1.29, 1.82) is 0 Å². The maximum Gasteiger partial charge on any atom is 0.352 e. The minimum absolute atomic E-state index is 0.0436. The Morgan fingerprint density at radius 2 is 1.94 bits per heavy atom. The fourth-order valence-electron chi connectivity index (χ4n) is 1.38. The van der Waals surface area contributed by atoms with E-state index in [1.54, 1.807) is 0 Å². The summed E-state index contributed by atoms with van der Waals surface area (Å²) in [6, 6.07) is 0.0436. The van der Waals surface area contributed by atoms with Crippen LogP contribution in [0.2, 0.25) is 0 Å². The molecule has 1 rings (SSSR count). The monoisotopic (exact) mass is 249 g/mol. The molecule has 17 heavy (non-hydrogen) atoms. The van der Waals surface area contributed by atoms with Gasteiger partial charge in [-0.25, -0.2) is 0 Å². The molecule has 0 aliphatic heterocycles. The average molecular weight is 249 g/mol. The fraction of sp³-hybridized carbons (Fsp3) is 0.917. The van der Waals surface area contributed by atoms with Crippen LogP contribution in [0.5, 0.6) is 0 Å². The maximum absolute atomic E-state index is 12.6. The summed E-state index contributed by atoms with van der Waals surface area (Å²) in [5, 5.41) is 2.85. The van der Waals surface area contributed by atoms with E-state index in [2.05, 4.69) is 10.1 Å². The van der Waals surface area contributed by atoms with Crippen molar-refractivity contribution in [1.82, 2.24) is 5.32 Å². The molecule has 1 amide bonds. The normalized spacial score (nSPS) is 20.2. The molecule has 0 radical (unpaired) electrons. The molecule has 0 aromatic heterocycles. The number of hydrogen-bond donors (Lipinski definition) is 1. The quantitative estimate of drug-likeness (QED) is 0.785. The Morgan fingerprint density at radius 1 is 1.41 bits per heavy atom. The Bertz CT molecular complexity index is 283. The third-order valence-corrected chi connectivity index (χ3v) is 3.30. The molecule has 0 aromatic rings. The molecular weight excluding hydrogens is 228 g/mol. The third kappa shape index (κ3) is 4.22. The molecule has 1 fully saturated rings. The highest BCUT2D eigenvalue weighted by molar-refractivity contribution is 5.85. The van der Waals surface area contributed by atoms with Crippen molar-refractivity contribution < 1.29 is 18.3 Å². The fourth-order valence-corrected chi connectivity index (χ4v) is 1.38. The summed E-state index contributed by atoms with van der Waals surface area (Å²) in [5.74, 6) is 0.159. The van der Waals surface area contributed by atoms with Crippen molar-refractivity contribution >= 4 is 5.91 Å². The second kappa shape index (κ2) is 4.88. The van der Waals surface area contributed by atoms with E-state index in [-0.39, 0.29) is 18.6 Å². The predicted octanol–water partition coefficient (Wildman–Crippen LogP) is 2.56. The van der Waals surface area contributed by atoms with Crippen LogP contribution in [0.1, 0.15) is 40.5 Å². The maximum atomic E-state index is 12.6. The van der Waals surface area contributed by atoms with Gasteiger partial charge in [-0.2, -0.15) is 8.78 Å². The molecule has 0 aromatic carbocycles. The molecule has 0 spiro atoms. The van der Waals surface area contributed by atoms with Crippen LogP contribution in [0.3, 0.4) is 0 Å². The topological polar surface area (TPSA) is 38.3 Å². The Labute approximate surface area is 101 Å². The van der Waals surface area contributed by atoms with Crippen molar-refractivity contribution in [3.05, 3.63) is 0 Å². The zero-order valence-corrected chi connectivity index (χ0v) is 10.8. The van der Waals surface area contributed by atoms with E-state index < -0.39 is 11.5 Å². The van der Waals surface area contributed by atoms with Gasteiger partial charge < -0.3 is 10.1 Å². The molecule has 0 heterocycles. The number of alkyl halides is 2. The highest BCUT2D eigenvalue weighted by Crippen LogP contribution is 2.47. The summed E-state index contributed by atoms with van der Waals surface area (Å²) in [7, 11) is 0. The van der Waals surface area contributed by atoms with Crippen molar-refractivity contribution in [2.24, 2.45) is 11.3 Å². The molecule has 0 unspecified atom stereocenters. The molecule has 1 atom stereocenters. The van der Waals surface area contributed by atoms with E-state index in [0.29, 0.717) is 25.7 Å². The second-order valence-electron chi connectivity index (χ2n) is 5.38. The molecule has 0 bridgehead atoms. The van der Waals surface area contributed by atoms with Gasteiger partial charge in [-0.15, -0.1) is 0 Å². The van der Waals surface area contributed by atoms with E-state index in [1.165, 1.54) is 0 Å². The minimum atomic E-state index is -3.17. The summed E-state index contributed by atoms with van der Waals surface area (Å²) in [5.41, 5.74) is -0.720. The molecule has 1 aliphatic carbocycles. The smallest absolute Gasteiger partial charge is 0.352 e. The van der Waals surface area contributed by atoms with Crippen LogP contribution in [0.15, 0.2) is 0 Å². The summed E-state index contributed by atoms with van der Waals surface area (Å²) in [6.07, 6.45) is -1.92. The first-order valence-corrected chi connectivity index (χ1v) is 5.99. The van der Waals surface area contributed by atoms with Crippen LogP contribution < -0.4 is 5.32 Å². The van der Waals surface area contributed by atoms with Crippen LogP contribution in [0, 0.1) is 11.3 Å². The number of amides is 1. The lowest BCUT2D eigenvalue weighted by Crippen LogP contribution is -2.43. The van der Waals surface area contributed by atoms with E-state index >= 15 is 0 Å². The Morgan fingerprint density at radius 3 is 2.29 bits per heavy atom. The van der Waals surface area contributed by atoms with Crippen LogP contribution in [-0.2, 0) is 9.53 Å². The Hall–Kier alpha value is -0.710. The van der Waals surface area contributed by atoms with Gasteiger partial charge in [0.25, 0.3) is 0 Å². The molecule has 5 heteroatoms. The Balaban J connectivity index is 2.46. The van der Waals surface area contributed by atoms with E-state index in [0.717, 1.165) is 0 Å². The van der Waals surface area contributed by atoms with Gasteiger partial charge in [0.2, 0.25) is 5.91 Å². The van der Waals surface area contributed by atoms with Crippen LogP contribution in [0.4, 0.5) is 8.78 Å². The summed E-state index contributed by atoms with van der Waals surface area (Å²) in [6.45, 7) is 6.40. The van der Waals surface area contributed by atoms with Crippen molar-refractivity contribution in [3.63, 3.8) is 0 Å². The first kappa shape index (κ1) is 14.4. The first-order valence-electron chi connectivity index (χ1n) is 5.99. The van der Waals surface area contributed by atoms with Gasteiger partial charge in [0.15, 0.2) is 0 Å². The van der Waals surface area contributed by atoms with E-state index in [9.17, 15) is 13.6 Å². The Kier molecular flexibility index (Phi) is 4.12. The number of ether oxygens (including phenoxy) is 1. The lowest BCUT2D eigenvalue weighted by molar-refractivity contribution is -0.231. The predicted molar refractivity (Wildman–Crippen MR) is 60.7 cm³/mol. The number of carbonyl (C=O) groups excluding carboxylic acids is 1. The van der Waals surface area contributed by atoms with Crippen LogP contribution in [0.25, 0.3) is 0 Å². The number of nitrogens with one attached hydrogen (secondary N) is 1. The van der Waals surface area contributed by atoms with E-state index in [4.69, 9.17) is 0 Å². The summed E-state index contributed by atoms with van der Waals surface area (Å²) in [4.78, 5) is 11.9. The van der Waals surface area contributed by atoms with Gasteiger partial charge in [-0.05, 0) is 25.7 Å². The highest BCUT2D eigenvalue weighted by Gasteiger charge is 2.51. The van der Waals surface area contributed by atoms with Crippen molar-refractivity contribution in [2.75, 3.05) is 6.61 Å². The highest BCUT2D eigenvalue weighted by atomic mass is 19.3. The number of hydrogen-bond acceptors (Lipinski definition) is 2. The standard InChI is InChI=1S/C12H21F2NO2/c1-8(2)9(3)15-10(16)12(5-6-12)7-17-11(4,13)14/h8-9H,5-7H2,1-4H3,(H,15,16)/t9-/m1/s1. The lowest BCUT2D eigenvalue weighted by Gasteiger charge is -2.23. The van der Waals surface area contributed by atoms with Crippen LogP contribution in [-0.4, -0.2) is 24.7 Å². The zero-order chi connectivity index (χ0) is 13.3. The SMILES string of the molecule is CC(C)[C@@H](C)NC(=O)C1(COC(C)(F)F)CC1. The molecule has 1 aliphatic rings. The molecule has 1 N–H and O–H groups in total. The van der Waals surface area contributed by atoms with Gasteiger partial charge in [-0.1, -0.05) is 13.8 Å². The molecule has 100 valence electrons. The second-order valence-corrected chi connectivity index (χ2v) is 5.38. The molecule has 1 saturated carbocycles. The summed E-state index contributed by atoms with van der Waals surface area (Å²) < 4.78 is 29.6. The van der Waals surface area contributed by atoms with E-state index in [1.807, 2.05) is 20.8 Å². The molecular formula is C12H21F2NO2. The van der Waals surface area contributed by atoms with Crippen molar-refractivity contribution in [2.45, 2.75) is 52.7 Å². The first-order chi connectivity index (χ1) is 7.66. The largest absolute Gasteiger partial charge is 0.353 e.